The molecule has 0 spiro atoms. The molecule has 0 fully saturated rings. The van der Waals surface area contributed by atoms with Crippen LogP contribution in [0.4, 0.5) is 0 Å². The minimum absolute atomic E-state index is 0.385. The topological polar surface area (TPSA) is 12.4 Å². The van der Waals surface area contributed by atoms with Gasteiger partial charge in [-0.25, -0.2) is 0 Å². The van der Waals surface area contributed by atoms with Crippen molar-refractivity contribution < 1.29 is 0 Å². The van der Waals surface area contributed by atoms with E-state index in [2.05, 4.69) is 37.7 Å². The third-order valence-electron chi connectivity index (χ3n) is 3.11. The molecular weight excluding hydrogens is 158 g/mol. The van der Waals surface area contributed by atoms with Crippen LogP contribution in [0.15, 0.2) is 17.1 Å². The molecule has 74 valence electrons. The van der Waals surface area contributed by atoms with Crippen LogP contribution in [-0.4, -0.2) is 12.8 Å². The van der Waals surface area contributed by atoms with Crippen LogP contribution in [0.3, 0.4) is 0 Å². The van der Waals surface area contributed by atoms with Crippen LogP contribution in [0.25, 0.3) is 0 Å². The van der Waals surface area contributed by atoms with Crippen molar-refractivity contribution in [2.75, 3.05) is 0 Å². The Morgan fingerprint density at radius 3 is 2.92 bits per heavy atom. The van der Waals surface area contributed by atoms with Gasteiger partial charge in [0.15, 0.2) is 0 Å². The van der Waals surface area contributed by atoms with Gasteiger partial charge in [-0.05, 0) is 31.4 Å². The second-order valence-corrected chi connectivity index (χ2v) is 4.12. The quantitative estimate of drug-likeness (QED) is 0.463. The zero-order valence-corrected chi connectivity index (χ0v) is 8.87. The fraction of sp³-hybridized carbons (Fsp3) is 0.750. The van der Waals surface area contributed by atoms with Crippen LogP contribution < -0.4 is 0 Å². The smallest absolute Gasteiger partial charge is 0.0703 e. The molecule has 0 saturated heterocycles. The molecule has 1 heteroatoms. The highest BCUT2D eigenvalue weighted by Crippen LogP contribution is 2.31. The summed E-state index contributed by atoms with van der Waals surface area (Å²) in [6.07, 6.45) is 9.64. The Morgan fingerprint density at radius 1 is 1.54 bits per heavy atom. The largest absolute Gasteiger partial charge is 0.293 e. The lowest BCUT2D eigenvalue weighted by Gasteiger charge is -2.30. The fourth-order valence-corrected chi connectivity index (χ4v) is 2.18. The van der Waals surface area contributed by atoms with Crippen molar-refractivity contribution >= 4 is 6.72 Å². The highest BCUT2D eigenvalue weighted by Gasteiger charge is 2.25. The number of rotatable bonds is 4. The Kier molecular flexibility index (Phi) is 4.20. The third kappa shape index (κ3) is 2.68. The molecule has 0 bridgehead atoms. The summed E-state index contributed by atoms with van der Waals surface area (Å²) < 4.78 is 0. The number of hydrogen-bond donors (Lipinski definition) is 0. The molecule has 1 nitrogen and oxygen atoms in total. The summed E-state index contributed by atoms with van der Waals surface area (Å²) >= 11 is 0. The molecule has 1 aliphatic rings. The maximum absolute atomic E-state index is 4.20. The summed E-state index contributed by atoms with van der Waals surface area (Å²) in [6, 6.07) is 0.385. The lowest BCUT2D eigenvalue weighted by atomic mass is 9.78. The van der Waals surface area contributed by atoms with E-state index in [9.17, 15) is 0 Å². The summed E-state index contributed by atoms with van der Waals surface area (Å²) in [6.45, 7) is 8.26. The van der Waals surface area contributed by atoms with Gasteiger partial charge in [-0.3, -0.25) is 4.99 Å². The number of hydrogen-bond acceptors (Lipinski definition) is 1. The van der Waals surface area contributed by atoms with Crippen molar-refractivity contribution in [3.05, 3.63) is 12.2 Å². The van der Waals surface area contributed by atoms with Crippen LogP contribution in [0.2, 0.25) is 0 Å². The zero-order valence-electron chi connectivity index (χ0n) is 8.87. The number of aliphatic imine (C=N–C) groups is 1. The van der Waals surface area contributed by atoms with Crippen molar-refractivity contribution in [3.63, 3.8) is 0 Å². The van der Waals surface area contributed by atoms with Crippen molar-refractivity contribution in [1.82, 2.24) is 0 Å². The molecule has 0 N–H and O–H groups in total. The van der Waals surface area contributed by atoms with Gasteiger partial charge in [0, 0.05) is 0 Å². The van der Waals surface area contributed by atoms with Crippen molar-refractivity contribution in [1.29, 1.82) is 0 Å². The molecule has 2 unspecified atom stereocenters. The molecule has 0 radical (unpaired) electrons. The predicted molar refractivity (Wildman–Crippen MR) is 59.3 cm³/mol. The highest BCUT2D eigenvalue weighted by molar-refractivity contribution is 5.26. The van der Waals surface area contributed by atoms with Gasteiger partial charge in [0.2, 0.25) is 0 Å². The van der Waals surface area contributed by atoms with Gasteiger partial charge >= 0.3 is 0 Å². The highest BCUT2D eigenvalue weighted by atomic mass is 14.8. The van der Waals surface area contributed by atoms with Gasteiger partial charge in [-0.2, -0.15) is 0 Å². The Balaban J connectivity index is 2.54. The molecule has 0 aromatic heterocycles. The molecule has 0 amide bonds. The maximum atomic E-state index is 4.20. The van der Waals surface area contributed by atoms with Crippen LogP contribution in [0.1, 0.15) is 39.5 Å². The monoisotopic (exact) mass is 179 g/mol. The standard InChI is InChI=1S/C12H21N/c1-4-5-8-11-10(2)7-6-9-12(11)13-3/h6,9-12H,3-5,7-8H2,1-2H3/t10?,11-,12?/m0/s1. The van der Waals surface area contributed by atoms with Crippen LogP contribution in [0, 0.1) is 11.8 Å². The Morgan fingerprint density at radius 2 is 2.31 bits per heavy atom. The van der Waals surface area contributed by atoms with E-state index in [1.165, 1.54) is 25.7 Å². The SMILES string of the molecule is C=NC1C=CCC(C)[C@@H]1CCCC. The van der Waals surface area contributed by atoms with E-state index in [1.54, 1.807) is 0 Å². The van der Waals surface area contributed by atoms with Gasteiger partial charge in [0.1, 0.15) is 0 Å². The van der Waals surface area contributed by atoms with Crippen LogP contribution in [0.5, 0.6) is 0 Å². The predicted octanol–water partition coefficient (Wildman–Crippen LogP) is 3.46. The molecular formula is C12H21N. The van der Waals surface area contributed by atoms with E-state index in [0.29, 0.717) is 6.04 Å². The first-order chi connectivity index (χ1) is 6.29. The first-order valence-electron chi connectivity index (χ1n) is 5.42. The summed E-state index contributed by atoms with van der Waals surface area (Å²) in [4.78, 5) is 4.20. The van der Waals surface area contributed by atoms with E-state index in [1.807, 2.05) is 0 Å². The summed E-state index contributed by atoms with van der Waals surface area (Å²) in [5.41, 5.74) is 0. The van der Waals surface area contributed by atoms with E-state index < -0.39 is 0 Å². The molecule has 0 heterocycles. The summed E-state index contributed by atoms with van der Waals surface area (Å²) in [7, 11) is 0. The Hall–Kier alpha value is -0.590. The van der Waals surface area contributed by atoms with Gasteiger partial charge < -0.3 is 0 Å². The molecule has 0 saturated carbocycles. The molecule has 3 atom stereocenters. The minimum Gasteiger partial charge on any atom is -0.293 e. The summed E-state index contributed by atoms with van der Waals surface area (Å²) in [5, 5.41) is 0. The van der Waals surface area contributed by atoms with E-state index in [0.717, 1.165) is 11.8 Å². The molecule has 1 rings (SSSR count). The maximum Gasteiger partial charge on any atom is 0.0703 e. The van der Waals surface area contributed by atoms with E-state index in [-0.39, 0.29) is 0 Å². The third-order valence-corrected chi connectivity index (χ3v) is 3.11. The summed E-state index contributed by atoms with van der Waals surface area (Å²) in [5.74, 6) is 1.52. The van der Waals surface area contributed by atoms with Crippen molar-refractivity contribution in [3.8, 4) is 0 Å². The van der Waals surface area contributed by atoms with Crippen LogP contribution >= 0.6 is 0 Å². The lowest BCUT2D eigenvalue weighted by molar-refractivity contribution is 0.291. The number of nitrogens with zero attached hydrogens (tertiary/aromatic N) is 1. The number of allylic oxidation sites excluding steroid dienone is 1. The van der Waals surface area contributed by atoms with Crippen molar-refractivity contribution in [2.24, 2.45) is 16.8 Å². The first-order valence-corrected chi connectivity index (χ1v) is 5.42. The van der Waals surface area contributed by atoms with E-state index >= 15 is 0 Å². The average Bonchev–Trinajstić information content (AvgIpc) is 2.15. The second kappa shape index (κ2) is 5.21. The van der Waals surface area contributed by atoms with Crippen LogP contribution in [-0.2, 0) is 0 Å². The first kappa shape index (κ1) is 10.5. The average molecular weight is 179 g/mol. The van der Waals surface area contributed by atoms with Gasteiger partial charge in [0.05, 0.1) is 6.04 Å². The van der Waals surface area contributed by atoms with Gasteiger partial charge in [0.25, 0.3) is 0 Å². The second-order valence-electron chi connectivity index (χ2n) is 4.12. The normalized spacial score (nSPS) is 33.2. The van der Waals surface area contributed by atoms with E-state index in [4.69, 9.17) is 0 Å². The Bertz CT molecular complexity index is 184. The molecule has 13 heavy (non-hydrogen) atoms. The molecule has 1 aliphatic carbocycles. The molecule has 0 aromatic rings. The molecule has 0 aliphatic heterocycles. The minimum atomic E-state index is 0.385. The van der Waals surface area contributed by atoms with Crippen molar-refractivity contribution in [2.45, 2.75) is 45.6 Å². The lowest BCUT2D eigenvalue weighted by Crippen LogP contribution is -2.26. The Labute approximate surface area is 82.0 Å². The van der Waals surface area contributed by atoms with Gasteiger partial charge in [-0.15, -0.1) is 0 Å². The fourth-order valence-electron chi connectivity index (χ4n) is 2.18. The zero-order chi connectivity index (χ0) is 9.68. The number of unbranched alkanes of at least 4 members (excludes halogenated alkanes) is 1. The molecule has 0 aromatic carbocycles. The van der Waals surface area contributed by atoms with Gasteiger partial charge in [-0.1, -0.05) is 38.8 Å².